The summed E-state index contributed by atoms with van der Waals surface area (Å²) < 4.78 is 25.2. The predicted octanol–water partition coefficient (Wildman–Crippen LogP) is 16.1. The van der Waals surface area contributed by atoms with Crippen molar-refractivity contribution in [1.29, 1.82) is 0 Å². The summed E-state index contributed by atoms with van der Waals surface area (Å²) in [5, 5.41) is 25.0. The molecule has 0 saturated heterocycles. The van der Waals surface area contributed by atoms with Crippen molar-refractivity contribution in [2.45, 2.75) is 156 Å². The summed E-state index contributed by atoms with van der Waals surface area (Å²) in [4.78, 5) is 0. The molecule has 0 heterocycles. The molecule has 6 heteroatoms. The highest BCUT2D eigenvalue weighted by Gasteiger charge is 2.28. The molecule has 0 amide bonds. The number of hydrogen-bond acceptors (Lipinski definition) is 6. The first-order valence-electron chi connectivity index (χ1n) is 25.6. The standard InChI is InChI=1S/C62H74O6/c1-10-43-21-15-13-12-14-20-40(5)59(48(43)11-2)55-32-38(3)30-53(61(55)63)51-36-46(65-8)26-28-57(51)67-41(6)34-42(7)68-58-29-27-47(66-9)37-52(58)54-31-39(4)33-56(62(54)64)60-49-24-18-16-22-44(49)35-45-23-17-19-25-50(45)60/h21,26-33,35-37,41-42,63-64H,5,10-20,22-25,34H2,1-4,6-9H3/b43-21-,59-48+/t41-,42-/m0/s1. The highest BCUT2D eigenvalue weighted by molar-refractivity contribution is 5.92. The number of hydrogen-bond donors (Lipinski definition) is 2. The number of ether oxygens (including phenoxy) is 4. The highest BCUT2D eigenvalue weighted by Crippen LogP contribution is 2.50. The van der Waals surface area contributed by atoms with Crippen molar-refractivity contribution in [3.63, 3.8) is 0 Å². The van der Waals surface area contributed by atoms with Crippen molar-refractivity contribution in [2.24, 2.45) is 0 Å². The van der Waals surface area contributed by atoms with Crippen LogP contribution in [0.2, 0.25) is 0 Å². The largest absolute Gasteiger partial charge is 0.507 e. The van der Waals surface area contributed by atoms with Gasteiger partial charge < -0.3 is 29.2 Å². The number of fused-ring (bicyclic) bond motifs is 2. The minimum atomic E-state index is -0.274. The fraction of sp³-hybridized carbons (Fsp3) is 0.419. The maximum absolute atomic E-state index is 12.5. The molecule has 0 aromatic heterocycles. The van der Waals surface area contributed by atoms with Crippen LogP contribution in [-0.4, -0.2) is 36.6 Å². The summed E-state index contributed by atoms with van der Waals surface area (Å²) in [6, 6.07) is 22.6. The second-order valence-electron chi connectivity index (χ2n) is 19.7. The van der Waals surface area contributed by atoms with E-state index in [0.717, 1.165) is 114 Å². The third-order valence-corrected chi connectivity index (χ3v) is 14.6. The fourth-order valence-corrected chi connectivity index (χ4v) is 11.4. The van der Waals surface area contributed by atoms with Gasteiger partial charge >= 0.3 is 0 Å². The first kappa shape index (κ1) is 48.6. The van der Waals surface area contributed by atoms with Crippen molar-refractivity contribution in [3.8, 4) is 67.9 Å². The van der Waals surface area contributed by atoms with E-state index in [2.05, 4.69) is 78.5 Å². The first-order chi connectivity index (χ1) is 32.9. The van der Waals surface area contributed by atoms with Crippen molar-refractivity contribution in [3.05, 3.63) is 135 Å². The molecular formula is C62H74O6. The van der Waals surface area contributed by atoms with Crippen LogP contribution in [0.15, 0.2) is 96.1 Å². The van der Waals surface area contributed by atoms with E-state index < -0.39 is 0 Å². The van der Waals surface area contributed by atoms with Gasteiger partial charge in [-0.25, -0.2) is 0 Å². The third kappa shape index (κ3) is 10.3. The molecule has 5 aromatic carbocycles. The van der Waals surface area contributed by atoms with Crippen LogP contribution in [0.25, 0.3) is 39.0 Å². The molecule has 5 aromatic rings. The minimum absolute atomic E-state index is 0.217. The van der Waals surface area contributed by atoms with Gasteiger partial charge in [-0.15, -0.1) is 0 Å². The van der Waals surface area contributed by atoms with Crippen molar-refractivity contribution in [1.82, 2.24) is 0 Å². The van der Waals surface area contributed by atoms with E-state index in [9.17, 15) is 10.2 Å². The lowest BCUT2D eigenvalue weighted by molar-refractivity contribution is 0.131. The Bertz CT molecular complexity index is 2700. The summed E-state index contributed by atoms with van der Waals surface area (Å²) >= 11 is 0. The van der Waals surface area contributed by atoms with Gasteiger partial charge in [0.1, 0.15) is 34.5 Å². The number of aromatic hydroxyl groups is 2. The Morgan fingerprint density at radius 1 is 0.559 bits per heavy atom. The molecule has 6 nitrogen and oxygen atoms in total. The van der Waals surface area contributed by atoms with Gasteiger partial charge in [0, 0.05) is 39.8 Å². The van der Waals surface area contributed by atoms with Gasteiger partial charge in [0.2, 0.25) is 0 Å². The molecule has 68 heavy (non-hydrogen) atoms. The number of phenols is 2. The zero-order chi connectivity index (χ0) is 48.1. The molecule has 0 bridgehead atoms. The van der Waals surface area contributed by atoms with Gasteiger partial charge in [0.15, 0.2) is 0 Å². The Labute approximate surface area is 406 Å². The Morgan fingerprint density at radius 3 is 1.59 bits per heavy atom. The fourth-order valence-electron chi connectivity index (χ4n) is 11.4. The molecule has 8 rings (SSSR count). The molecule has 0 spiro atoms. The quantitative estimate of drug-likeness (QED) is 0.116. The smallest absolute Gasteiger partial charge is 0.131 e. The van der Waals surface area contributed by atoms with Gasteiger partial charge in [-0.1, -0.05) is 39.0 Å². The lowest BCUT2D eigenvalue weighted by Crippen LogP contribution is -2.23. The van der Waals surface area contributed by atoms with Crippen molar-refractivity contribution in [2.75, 3.05) is 14.2 Å². The summed E-state index contributed by atoms with van der Waals surface area (Å²) in [6.07, 6.45) is 18.7. The second kappa shape index (κ2) is 21.6. The molecule has 0 radical (unpaired) electrons. The van der Waals surface area contributed by atoms with Gasteiger partial charge in [-0.05, 0) is 239 Å². The number of aryl methyl sites for hydroxylation is 4. The van der Waals surface area contributed by atoms with Crippen LogP contribution in [0.4, 0.5) is 0 Å². The average Bonchev–Trinajstić information content (AvgIpc) is 3.34. The molecule has 0 fully saturated rings. The van der Waals surface area contributed by atoms with E-state index in [-0.39, 0.29) is 23.7 Å². The zero-order valence-electron chi connectivity index (χ0n) is 42.1. The zero-order valence-corrected chi connectivity index (χ0v) is 42.1. The molecule has 0 aliphatic heterocycles. The molecule has 2 atom stereocenters. The van der Waals surface area contributed by atoms with E-state index in [1.807, 2.05) is 42.5 Å². The van der Waals surface area contributed by atoms with Crippen LogP contribution < -0.4 is 18.9 Å². The van der Waals surface area contributed by atoms with E-state index in [0.29, 0.717) is 35.0 Å². The Morgan fingerprint density at radius 2 is 1.06 bits per heavy atom. The van der Waals surface area contributed by atoms with Crippen LogP contribution >= 0.6 is 0 Å². The Hall–Kier alpha value is -5.88. The average molecular weight is 915 g/mol. The highest BCUT2D eigenvalue weighted by atomic mass is 16.5. The molecule has 0 unspecified atom stereocenters. The number of benzene rings is 5. The minimum Gasteiger partial charge on any atom is -0.507 e. The van der Waals surface area contributed by atoms with E-state index in [1.54, 1.807) is 14.2 Å². The van der Waals surface area contributed by atoms with Gasteiger partial charge in [0.05, 0.1) is 26.4 Å². The summed E-state index contributed by atoms with van der Waals surface area (Å²) in [7, 11) is 3.34. The Kier molecular flexibility index (Phi) is 15.4. The first-order valence-corrected chi connectivity index (χ1v) is 25.6. The number of allylic oxidation sites excluding steroid dienone is 5. The van der Waals surface area contributed by atoms with Crippen LogP contribution in [0.5, 0.6) is 34.5 Å². The predicted molar refractivity (Wildman–Crippen MR) is 281 cm³/mol. The van der Waals surface area contributed by atoms with Crippen LogP contribution in [0, 0.1) is 13.8 Å². The molecule has 3 aliphatic carbocycles. The second-order valence-corrected chi connectivity index (χ2v) is 19.7. The van der Waals surface area contributed by atoms with Crippen LogP contribution in [0.1, 0.15) is 144 Å². The van der Waals surface area contributed by atoms with Gasteiger partial charge in [-0.2, -0.15) is 0 Å². The number of methoxy groups -OCH3 is 2. The molecule has 2 N–H and O–H groups in total. The SMILES string of the molecule is C=C1CCCCC/C=C(CC)\C(CC)=C/1c1cc(C)cc(-c2cc(OC)ccc2O[C@@H](C)C[C@H](C)Oc2ccc(OC)cc2-c2cc(C)cc(-c3c4c(cc5c3CCCC5)CCCC4)c2O)c1O. The van der Waals surface area contributed by atoms with Crippen LogP contribution in [0.3, 0.4) is 0 Å². The van der Waals surface area contributed by atoms with Crippen LogP contribution in [-0.2, 0) is 25.7 Å². The maximum atomic E-state index is 12.5. The molecular weight excluding hydrogens is 841 g/mol. The summed E-state index contributed by atoms with van der Waals surface area (Å²) in [5.41, 5.74) is 18.6. The third-order valence-electron chi connectivity index (χ3n) is 14.6. The van der Waals surface area contributed by atoms with E-state index in [1.165, 1.54) is 71.1 Å². The number of rotatable bonds is 14. The van der Waals surface area contributed by atoms with E-state index in [4.69, 9.17) is 18.9 Å². The maximum Gasteiger partial charge on any atom is 0.131 e. The van der Waals surface area contributed by atoms with Crippen molar-refractivity contribution >= 4 is 5.57 Å². The van der Waals surface area contributed by atoms with E-state index >= 15 is 0 Å². The lowest BCUT2D eigenvalue weighted by atomic mass is 9.76. The Balaban J connectivity index is 1.11. The normalized spacial score (nSPS) is 18.1. The van der Waals surface area contributed by atoms with Gasteiger partial charge in [0.25, 0.3) is 0 Å². The summed E-state index contributed by atoms with van der Waals surface area (Å²) in [6.45, 7) is 17.4. The lowest BCUT2D eigenvalue weighted by Gasteiger charge is -2.29. The molecule has 3 aliphatic rings. The summed E-state index contributed by atoms with van der Waals surface area (Å²) in [5.74, 6) is 3.18. The monoisotopic (exact) mass is 915 g/mol. The topological polar surface area (TPSA) is 77.4 Å². The molecule has 0 saturated carbocycles. The van der Waals surface area contributed by atoms with Crippen molar-refractivity contribution < 1.29 is 29.2 Å². The van der Waals surface area contributed by atoms with Gasteiger partial charge in [-0.3, -0.25) is 0 Å². The number of phenolic OH excluding ortho intramolecular Hbond substituents is 2. The molecule has 358 valence electrons.